The van der Waals surface area contributed by atoms with E-state index in [9.17, 15) is 4.79 Å². The third-order valence-corrected chi connectivity index (χ3v) is 6.96. The monoisotopic (exact) mass is 504 g/mol. The fraction of sp³-hybridized carbons (Fsp3) is 0.250. The van der Waals surface area contributed by atoms with Crippen molar-refractivity contribution in [2.75, 3.05) is 23.4 Å². The van der Waals surface area contributed by atoms with Crippen LogP contribution in [-0.2, 0) is 16.2 Å². The second-order valence-electron chi connectivity index (χ2n) is 9.42. The van der Waals surface area contributed by atoms with Gasteiger partial charge in [0.2, 0.25) is 0 Å². The number of carbonyl (C=O) groups is 1. The van der Waals surface area contributed by atoms with E-state index in [4.69, 9.17) is 21.5 Å². The maximum atomic E-state index is 11.0. The van der Waals surface area contributed by atoms with E-state index in [0.717, 1.165) is 29.0 Å². The van der Waals surface area contributed by atoms with Crippen LogP contribution in [0.5, 0.6) is 0 Å². The summed E-state index contributed by atoms with van der Waals surface area (Å²) in [5.74, 6) is -0.254. The molecule has 1 unspecified atom stereocenters. The first kappa shape index (κ1) is 24.2. The van der Waals surface area contributed by atoms with Gasteiger partial charge in [0, 0.05) is 30.3 Å². The standard InChI is InChI=1S/C28H29ClN4O3/c1-18-6-9-24(12-19(18)2)30-27(21-4-3-5-23(29)13-21)26-17-33(31-36-26)25-10-7-20(8-11-25)14-32-15-22(16-32)28(34)35/h3-13,17,22,27,30-31H,14-16H2,1-2H3,(H,34,35). The summed E-state index contributed by atoms with van der Waals surface area (Å²) in [5, 5.41) is 15.2. The van der Waals surface area contributed by atoms with Gasteiger partial charge < -0.3 is 15.3 Å². The quantitative estimate of drug-likeness (QED) is 0.378. The SMILES string of the molecule is Cc1ccc(NC(C2=CN(c3ccc(CN4CC(C(=O)O)C4)cc3)NO2)c2cccc(Cl)c2)cc1C. The molecule has 1 saturated heterocycles. The second kappa shape index (κ2) is 10.2. The van der Waals surface area contributed by atoms with Gasteiger partial charge >= 0.3 is 5.97 Å². The molecule has 3 N–H and O–H groups in total. The van der Waals surface area contributed by atoms with Crippen LogP contribution in [0, 0.1) is 19.8 Å². The highest BCUT2D eigenvalue weighted by molar-refractivity contribution is 6.30. The third kappa shape index (κ3) is 5.33. The molecule has 0 aliphatic carbocycles. The zero-order valence-corrected chi connectivity index (χ0v) is 21.0. The van der Waals surface area contributed by atoms with Crippen molar-refractivity contribution in [3.05, 3.63) is 106 Å². The highest BCUT2D eigenvalue weighted by Crippen LogP contribution is 2.32. The van der Waals surface area contributed by atoms with E-state index < -0.39 is 5.97 Å². The van der Waals surface area contributed by atoms with Gasteiger partial charge in [-0.3, -0.25) is 9.69 Å². The van der Waals surface area contributed by atoms with Crippen LogP contribution in [0.15, 0.2) is 78.7 Å². The Morgan fingerprint density at radius 3 is 2.58 bits per heavy atom. The normalized spacial score (nSPS) is 16.8. The number of nitrogens with zero attached hydrogens (tertiary/aromatic N) is 2. The van der Waals surface area contributed by atoms with Gasteiger partial charge in [0.25, 0.3) is 0 Å². The van der Waals surface area contributed by atoms with Crippen LogP contribution >= 0.6 is 11.6 Å². The molecule has 0 bridgehead atoms. The number of anilines is 2. The Morgan fingerprint density at radius 2 is 1.89 bits per heavy atom. The molecular formula is C28H29ClN4O3. The maximum absolute atomic E-state index is 11.0. The van der Waals surface area contributed by atoms with E-state index >= 15 is 0 Å². The summed E-state index contributed by atoms with van der Waals surface area (Å²) in [5.41, 5.74) is 9.48. The number of likely N-dealkylation sites (tertiary alicyclic amines) is 1. The smallest absolute Gasteiger partial charge is 0.309 e. The molecule has 5 rings (SSSR count). The number of hydrogen-bond donors (Lipinski definition) is 3. The van der Waals surface area contributed by atoms with Crippen LogP contribution in [0.4, 0.5) is 11.4 Å². The van der Waals surface area contributed by atoms with E-state index in [1.54, 1.807) is 0 Å². The van der Waals surface area contributed by atoms with E-state index in [1.165, 1.54) is 11.1 Å². The summed E-state index contributed by atoms with van der Waals surface area (Å²) in [7, 11) is 0. The van der Waals surface area contributed by atoms with Gasteiger partial charge in [0.1, 0.15) is 6.04 Å². The topological polar surface area (TPSA) is 77.1 Å². The molecule has 0 spiro atoms. The van der Waals surface area contributed by atoms with E-state index in [1.807, 2.05) is 47.6 Å². The Bertz CT molecular complexity index is 1290. The van der Waals surface area contributed by atoms with Crippen LogP contribution in [0.25, 0.3) is 0 Å². The van der Waals surface area contributed by atoms with Gasteiger partial charge in [-0.15, -0.1) is 0 Å². The van der Waals surface area contributed by atoms with Gasteiger partial charge in [0.15, 0.2) is 5.76 Å². The largest absolute Gasteiger partial charge is 0.481 e. The molecule has 0 saturated carbocycles. The number of hydrazine groups is 1. The molecule has 8 heteroatoms. The summed E-state index contributed by atoms with van der Waals surface area (Å²) in [6.07, 6.45) is 1.93. The number of nitrogens with one attached hydrogen (secondary N) is 2. The van der Waals surface area contributed by atoms with Crippen molar-refractivity contribution < 1.29 is 14.7 Å². The van der Waals surface area contributed by atoms with Crippen LogP contribution in [0.2, 0.25) is 5.02 Å². The van der Waals surface area contributed by atoms with Gasteiger partial charge in [-0.1, -0.05) is 47.5 Å². The minimum Gasteiger partial charge on any atom is -0.481 e. The summed E-state index contributed by atoms with van der Waals surface area (Å²) in [6.45, 7) is 6.14. The number of aliphatic carboxylic acids is 1. The fourth-order valence-corrected chi connectivity index (χ4v) is 4.62. The molecular weight excluding hydrogens is 476 g/mol. The van der Waals surface area contributed by atoms with Crippen molar-refractivity contribution in [1.29, 1.82) is 0 Å². The van der Waals surface area contributed by atoms with Crippen molar-refractivity contribution in [3.8, 4) is 0 Å². The second-order valence-corrected chi connectivity index (χ2v) is 9.86. The Labute approximate surface area is 215 Å². The predicted octanol–water partition coefficient (Wildman–Crippen LogP) is 5.42. The summed E-state index contributed by atoms with van der Waals surface area (Å²) in [6, 6.07) is 21.9. The van der Waals surface area contributed by atoms with Crippen molar-refractivity contribution in [1.82, 2.24) is 10.5 Å². The van der Waals surface area contributed by atoms with Gasteiger partial charge in [-0.05, 0) is 72.5 Å². The number of aryl methyl sites for hydroxylation is 2. The number of halogens is 1. The molecule has 7 nitrogen and oxygen atoms in total. The first-order valence-electron chi connectivity index (χ1n) is 11.9. The van der Waals surface area contributed by atoms with Crippen LogP contribution in [0.3, 0.4) is 0 Å². The highest BCUT2D eigenvalue weighted by Gasteiger charge is 2.32. The number of carboxylic acids is 1. The average Bonchev–Trinajstić information content (AvgIpc) is 3.32. The molecule has 0 amide bonds. The molecule has 3 aromatic rings. The maximum Gasteiger partial charge on any atom is 0.309 e. The molecule has 36 heavy (non-hydrogen) atoms. The molecule has 0 aromatic heterocycles. The van der Waals surface area contributed by atoms with Gasteiger partial charge in [-0.2, -0.15) is 0 Å². The van der Waals surface area contributed by atoms with Crippen molar-refractivity contribution in [2.24, 2.45) is 5.92 Å². The van der Waals surface area contributed by atoms with E-state index in [0.29, 0.717) is 23.9 Å². The summed E-state index contributed by atoms with van der Waals surface area (Å²) in [4.78, 5) is 19.1. The molecule has 1 fully saturated rings. The van der Waals surface area contributed by atoms with Crippen molar-refractivity contribution >= 4 is 28.9 Å². The predicted molar refractivity (Wildman–Crippen MR) is 141 cm³/mol. The lowest BCUT2D eigenvalue weighted by atomic mass is 9.99. The fourth-order valence-electron chi connectivity index (χ4n) is 4.42. The van der Waals surface area contributed by atoms with Crippen molar-refractivity contribution in [2.45, 2.75) is 26.4 Å². The minimum absolute atomic E-state index is 0.247. The third-order valence-electron chi connectivity index (χ3n) is 6.73. The molecule has 1 atom stereocenters. The van der Waals surface area contributed by atoms with Gasteiger partial charge in [0.05, 0.1) is 17.8 Å². The highest BCUT2D eigenvalue weighted by atomic mass is 35.5. The minimum atomic E-state index is -0.715. The van der Waals surface area contributed by atoms with Gasteiger partial charge in [-0.25, -0.2) is 5.01 Å². The van der Waals surface area contributed by atoms with E-state index in [-0.39, 0.29) is 12.0 Å². The first-order chi connectivity index (χ1) is 17.4. The summed E-state index contributed by atoms with van der Waals surface area (Å²) >= 11 is 6.31. The van der Waals surface area contributed by atoms with Crippen LogP contribution < -0.4 is 15.9 Å². The molecule has 2 heterocycles. The molecule has 186 valence electrons. The Hall–Kier alpha value is -3.52. The average molecular weight is 505 g/mol. The van der Waals surface area contributed by atoms with Crippen molar-refractivity contribution in [3.63, 3.8) is 0 Å². The summed E-state index contributed by atoms with van der Waals surface area (Å²) < 4.78 is 0. The lowest BCUT2D eigenvalue weighted by molar-refractivity contribution is -0.147. The number of carboxylic acid groups (broad SMARTS) is 1. The Morgan fingerprint density at radius 1 is 1.11 bits per heavy atom. The molecule has 2 aliphatic heterocycles. The Balaban J connectivity index is 1.32. The van der Waals surface area contributed by atoms with E-state index in [2.05, 4.69) is 60.0 Å². The number of benzene rings is 3. The lowest BCUT2D eigenvalue weighted by Crippen LogP contribution is -2.49. The zero-order valence-electron chi connectivity index (χ0n) is 20.2. The van der Waals surface area contributed by atoms with Crippen LogP contribution in [0.1, 0.15) is 28.3 Å². The molecule has 0 radical (unpaired) electrons. The first-order valence-corrected chi connectivity index (χ1v) is 12.3. The number of rotatable bonds is 8. The number of hydrogen-bond acceptors (Lipinski definition) is 6. The molecule has 3 aromatic carbocycles. The molecule has 2 aliphatic rings. The Kier molecular flexibility index (Phi) is 6.87. The lowest BCUT2D eigenvalue weighted by Gasteiger charge is -2.36. The zero-order chi connectivity index (χ0) is 25.2. The van der Waals surface area contributed by atoms with Crippen LogP contribution in [-0.4, -0.2) is 29.1 Å².